The van der Waals surface area contributed by atoms with E-state index in [0.29, 0.717) is 25.7 Å². The van der Waals surface area contributed by atoms with E-state index in [0.717, 1.165) is 25.3 Å². The van der Waals surface area contributed by atoms with Gasteiger partial charge in [-0.25, -0.2) is 4.39 Å². The van der Waals surface area contributed by atoms with E-state index in [1.807, 2.05) is 20.8 Å². The van der Waals surface area contributed by atoms with Gasteiger partial charge in [-0.2, -0.15) is 0 Å². The number of carbonyl (C=O) groups is 3. The van der Waals surface area contributed by atoms with Gasteiger partial charge in [0.15, 0.2) is 11.6 Å². The molecule has 3 aliphatic rings. The first-order chi connectivity index (χ1) is 17.0. The summed E-state index contributed by atoms with van der Waals surface area (Å²) in [6, 6.07) is 1.98. The second-order valence-electron chi connectivity index (χ2n) is 11.3. The van der Waals surface area contributed by atoms with Gasteiger partial charge in [0.05, 0.1) is 30.6 Å². The minimum absolute atomic E-state index is 0.0565. The van der Waals surface area contributed by atoms with E-state index < -0.39 is 35.3 Å². The molecule has 0 spiro atoms. The molecule has 4 rings (SSSR count). The van der Waals surface area contributed by atoms with E-state index in [-0.39, 0.29) is 46.9 Å². The van der Waals surface area contributed by atoms with Gasteiger partial charge in [0.1, 0.15) is 11.4 Å². The number of benzene rings is 1. The van der Waals surface area contributed by atoms with Crippen LogP contribution in [0, 0.1) is 29.5 Å². The van der Waals surface area contributed by atoms with Crippen LogP contribution >= 0.6 is 0 Å². The summed E-state index contributed by atoms with van der Waals surface area (Å²) in [5, 5.41) is 12.6. The maximum absolute atomic E-state index is 14.8. The average Bonchev–Trinajstić information content (AvgIpc) is 3.41. The van der Waals surface area contributed by atoms with Crippen molar-refractivity contribution in [1.82, 2.24) is 5.32 Å². The molecule has 3 saturated carbocycles. The average molecular weight is 506 g/mol. The molecule has 2 N–H and O–H groups in total. The predicted molar refractivity (Wildman–Crippen MR) is 128 cm³/mol. The highest BCUT2D eigenvalue weighted by atomic mass is 19.1. The number of amides is 1. The molecule has 3 fully saturated rings. The van der Waals surface area contributed by atoms with Crippen molar-refractivity contribution in [1.29, 1.82) is 0 Å². The number of aliphatic carboxylic acids is 1. The molecule has 1 aromatic rings. The predicted octanol–water partition coefficient (Wildman–Crippen LogP) is 4.34. The Morgan fingerprint density at radius 3 is 2.28 bits per heavy atom. The maximum atomic E-state index is 14.8. The lowest BCUT2D eigenvalue weighted by molar-refractivity contribution is -0.161. The van der Waals surface area contributed by atoms with E-state index in [9.17, 15) is 23.9 Å². The number of ether oxygens (including phenoxy) is 3. The van der Waals surface area contributed by atoms with Crippen LogP contribution in [0.15, 0.2) is 12.1 Å². The van der Waals surface area contributed by atoms with E-state index in [4.69, 9.17) is 14.2 Å². The van der Waals surface area contributed by atoms with Gasteiger partial charge in [-0.1, -0.05) is 0 Å². The highest BCUT2D eigenvalue weighted by Crippen LogP contribution is 2.48. The zero-order valence-electron chi connectivity index (χ0n) is 21.3. The van der Waals surface area contributed by atoms with Gasteiger partial charge >= 0.3 is 11.9 Å². The number of methoxy groups -OCH3 is 1. The van der Waals surface area contributed by atoms with Gasteiger partial charge in [-0.05, 0) is 83.6 Å². The standard InChI is InChI=1S/C27H36FNO7/c1-27(2,3)36-26(33)14-7-9-17(10-8-14)35-21-12-18(20(34-4)13-19(21)28)24(30)29-23-16-6-5-15(11-16)22(23)25(31)32/h12-17,22-23H,5-11H2,1-4H3,(H,29,30)(H,31,32)/t14?,15-,16+,17?,22+,23-/m1/s1. The van der Waals surface area contributed by atoms with Crippen LogP contribution in [0.2, 0.25) is 0 Å². The van der Waals surface area contributed by atoms with Gasteiger partial charge in [-0.15, -0.1) is 0 Å². The number of hydrogen-bond donors (Lipinski definition) is 2. The first kappa shape index (κ1) is 26.2. The normalized spacial score (nSPS) is 29.5. The SMILES string of the molecule is COc1cc(F)c(OC2CCC(C(=O)OC(C)(C)C)CC2)cc1C(=O)N[C@@H]1[C@H]2CC[C@H](C2)[C@@H]1C(=O)O. The van der Waals surface area contributed by atoms with Crippen LogP contribution in [0.3, 0.4) is 0 Å². The van der Waals surface area contributed by atoms with Crippen molar-refractivity contribution in [3.05, 3.63) is 23.5 Å². The first-order valence-corrected chi connectivity index (χ1v) is 12.8. The fraction of sp³-hybridized carbons (Fsp3) is 0.667. The summed E-state index contributed by atoms with van der Waals surface area (Å²) in [5.74, 6) is -2.92. The summed E-state index contributed by atoms with van der Waals surface area (Å²) in [5.41, 5.74) is -0.445. The van der Waals surface area contributed by atoms with Crippen molar-refractivity contribution < 1.29 is 38.1 Å². The van der Waals surface area contributed by atoms with Crippen LogP contribution in [0.25, 0.3) is 0 Å². The molecule has 0 unspecified atom stereocenters. The molecule has 198 valence electrons. The summed E-state index contributed by atoms with van der Waals surface area (Å²) in [7, 11) is 1.35. The number of hydrogen-bond acceptors (Lipinski definition) is 6. The van der Waals surface area contributed by atoms with Crippen molar-refractivity contribution in [3.63, 3.8) is 0 Å². The zero-order valence-corrected chi connectivity index (χ0v) is 21.3. The fourth-order valence-electron chi connectivity index (χ4n) is 6.04. The Morgan fingerprint density at radius 1 is 1.00 bits per heavy atom. The highest BCUT2D eigenvalue weighted by Gasteiger charge is 2.51. The monoisotopic (exact) mass is 505 g/mol. The van der Waals surface area contributed by atoms with Gasteiger partial charge in [0, 0.05) is 12.1 Å². The lowest BCUT2D eigenvalue weighted by atomic mass is 9.84. The van der Waals surface area contributed by atoms with Crippen LogP contribution in [0.4, 0.5) is 4.39 Å². The molecule has 0 radical (unpaired) electrons. The molecule has 3 aliphatic carbocycles. The molecule has 0 saturated heterocycles. The molecule has 8 nitrogen and oxygen atoms in total. The van der Waals surface area contributed by atoms with Gasteiger partial charge < -0.3 is 24.6 Å². The van der Waals surface area contributed by atoms with Crippen molar-refractivity contribution in [2.24, 2.45) is 23.7 Å². The molecule has 9 heteroatoms. The topological polar surface area (TPSA) is 111 Å². The van der Waals surface area contributed by atoms with Crippen molar-refractivity contribution in [3.8, 4) is 11.5 Å². The molecule has 0 heterocycles. The number of carbonyl (C=O) groups excluding carboxylic acids is 2. The summed E-state index contributed by atoms with van der Waals surface area (Å²) in [6.45, 7) is 5.50. The van der Waals surface area contributed by atoms with Crippen molar-refractivity contribution in [2.75, 3.05) is 7.11 Å². The number of esters is 1. The van der Waals surface area contributed by atoms with E-state index in [1.54, 1.807) is 0 Å². The first-order valence-electron chi connectivity index (χ1n) is 12.8. The highest BCUT2D eigenvalue weighted by molar-refractivity contribution is 5.98. The number of carboxylic acid groups (broad SMARTS) is 1. The van der Waals surface area contributed by atoms with E-state index in [1.165, 1.54) is 13.2 Å². The Labute approximate surface area is 210 Å². The lowest BCUT2D eigenvalue weighted by Gasteiger charge is -2.30. The Kier molecular flexibility index (Phi) is 7.48. The van der Waals surface area contributed by atoms with Crippen LogP contribution in [-0.4, -0.2) is 47.8 Å². The van der Waals surface area contributed by atoms with E-state index in [2.05, 4.69) is 5.32 Å². The largest absolute Gasteiger partial charge is 0.496 e. The number of carboxylic acids is 1. The van der Waals surface area contributed by atoms with Crippen molar-refractivity contribution >= 4 is 17.8 Å². The maximum Gasteiger partial charge on any atom is 0.309 e. The van der Waals surface area contributed by atoms with Crippen molar-refractivity contribution in [2.45, 2.75) is 83.5 Å². The molecular weight excluding hydrogens is 469 g/mol. The summed E-state index contributed by atoms with van der Waals surface area (Å²) >= 11 is 0. The third-order valence-electron chi connectivity index (χ3n) is 7.71. The summed E-state index contributed by atoms with van der Waals surface area (Å²) < 4.78 is 31.5. The molecule has 4 atom stereocenters. The quantitative estimate of drug-likeness (QED) is 0.530. The zero-order chi connectivity index (χ0) is 26.2. The molecule has 1 amide bonds. The fourth-order valence-corrected chi connectivity index (χ4v) is 6.04. The van der Waals surface area contributed by atoms with Crippen LogP contribution in [0.5, 0.6) is 11.5 Å². The van der Waals surface area contributed by atoms with E-state index >= 15 is 0 Å². The van der Waals surface area contributed by atoms with Crippen LogP contribution in [-0.2, 0) is 14.3 Å². The minimum atomic E-state index is -0.899. The Morgan fingerprint density at radius 2 is 1.67 bits per heavy atom. The lowest BCUT2D eigenvalue weighted by Crippen LogP contribution is -2.46. The molecule has 1 aromatic carbocycles. The van der Waals surface area contributed by atoms with Gasteiger partial charge in [0.25, 0.3) is 5.91 Å². The summed E-state index contributed by atoms with van der Waals surface area (Å²) in [4.78, 5) is 37.4. The number of rotatable bonds is 7. The number of nitrogens with one attached hydrogen (secondary N) is 1. The Balaban J connectivity index is 1.43. The van der Waals surface area contributed by atoms with Gasteiger partial charge in [-0.3, -0.25) is 14.4 Å². The summed E-state index contributed by atoms with van der Waals surface area (Å²) in [6.07, 6.45) is 4.51. The second-order valence-corrected chi connectivity index (χ2v) is 11.3. The molecule has 2 bridgehead atoms. The van der Waals surface area contributed by atoms with Gasteiger partial charge in [0.2, 0.25) is 0 Å². The van der Waals surface area contributed by atoms with Crippen LogP contribution in [0.1, 0.15) is 76.1 Å². The number of halogens is 1. The third kappa shape index (κ3) is 5.60. The van der Waals surface area contributed by atoms with Crippen LogP contribution < -0.4 is 14.8 Å². The Hall–Kier alpha value is -2.84. The minimum Gasteiger partial charge on any atom is -0.496 e. The second kappa shape index (κ2) is 10.3. The molecular formula is C27H36FNO7. The Bertz CT molecular complexity index is 1010. The molecule has 0 aromatic heterocycles. The smallest absolute Gasteiger partial charge is 0.309 e. The third-order valence-corrected chi connectivity index (χ3v) is 7.71. The molecule has 0 aliphatic heterocycles. The number of fused-ring (bicyclic) bond motifs is 2. The molecule has 36 heavy (non-hydrogen) atoms.